The second kappa shape index (κ2) is 8.03. The zero-order valence-electron chi connectivity index (χ0n) is 26.2. The van der Waals surface area contributed by atoms with Gasteiger partial charge in [0.05, 0.1) is 17.8 Å². The van der Waals surface area contributed by atoms with E-state index in [2.05, 4.69) is 20.8 Å². The van der Waals surface area contributed by atoms with Crippen LogP contribution in [0.25, 0.3) is 0 Å². The summed E-state index contributed by atoms with van der Waals surface area (Å²) >= 11 is 0. The third-order valence-electron chi connectivity index (χ3n) is 10.7. The molecule has 3 heteroatoms. The maximum absolute atomic E-state index is 11.6. The number of hydrogen-bond donors (Lipinski definition) is 3. The molecule has 4 aliphatic carbocycles. The summed E-state index contributed by atoms with van der Waals surface area (Å²) < 4.78 is 54.4. The van der Waals surface area contributed by atoms with Crippen LogP contribution in [0.15, 0.2) is 0 Å². The molecular weight excluding hydrogens is 372 g/mol. The minimum Gasteiger partial charge on any atom is -0.393 e. The Morgan fingerprint density at radius 2 is 1.80 bits per heavy atom. The summed E-state index contributed by atoms with van der Waals surface area (Å²) in [5.41, 5.74) is -1.55. The van der Waals surface area contributed by atoms with Crippen molar-refractivity contribution < 1.29 is 24.9 Å². The van der Waals surface area contributed by atoms with Gasteiger partial charge in [-0.05, 0) is 85.8 Å². The van der Waals surface area contributed by atoms with Gasteiger partial charge in [-0.1, -0.05) is 53.7 Å². The summed E-state index contributed by atoms with van der Waals surface area (Å²) in [6.45, 7) is 0.985. The van der Waals surface area contributed by atoms with Crippen LogP contribution >= 0.6 is 0 Å². The van der Waals surface area contributed by atoms with E-state index in [4.69, 9.17) is 9.60 Å². The maximum Gasteiger partial charge on any atom is 0.0985 e. The number of hydrogen-bond acceptors (Lipinski definition) is 3. The number of aliphatic hydroxyl groups is 3. The van der Waals surface area contributed by atoms with Gasteiger partial charge in [-0.15, -0.1) is 0 Å². The van der Waals surface area contributed by atoms with Gasteiger partial charge in [0.25, 0.3) is 0 Å². The molecule has 0 aromatic rings. The fraction of sp³-hybridized carbons (Fsp3) is 1.00. The van der Waals surface area contributed by atoms with Crippen LogP contribution in [0.1, 0.15) is 115 Å². The van der Waals surface area contributed by atoms with Crippen molar-refractivity contribution in [3.05, 3.63) is 0 Å². The maximum atomic E-state index is 11.6. The summed E-state index contributed by atoms with van der Waals surface area (Å²) in [6, 6.07) is 0. The van der Waals surface area contributed by atoms with Gasteiger partial charge in [0, 0.05) is 21.4 Å². The molecule has 4 saturated carbocycles. The molecule has 4 aliphatic rings. The largest absolute Gasteiger partial charge is 0.393 e. The number of aliphatic hydroxyl groups excluding tert-OH is 2. The molecule has 0 aromatic carbocycles. The van der Waals surface area contributed by atoms with Gasteiger partial charge >= 0.3 is 0 Å². The molecular formula is C27H48O3. The average molecular weight is 428 g/mol. The topological polar surface area (TPSA) is 60.7 Å². The molecule has 30 heavy (non-hydrogen) atoms. The Balaban J connectivity index is 1.47. The Labute approximate surface area is 194 Å². The van der Waals surface area contributed by atoms with Crippen molar-refractivity contribution in [1.29, 1.82) is 0 Å². The van der Waals surface area contributed by atoms with Gasteiger partial charge in [0.15, 0.2) is 0 Å². The minimum atomic E-state index is -2.86. The Bertz CT molecular complexity index is 833. The van der Waals surface area contributed by atoms with Gasteiger partial charge in [0.2, 0.25) is 0 Å². The molecule has 0 heterocycles. The summed E-state index contributed by atoms with van der Waals surface area (Å²) in [5, 5.41) is 33.2. The average Bonchev–Trinajstić information content (AvgIpc) is 3.12. The highest BCUT2D eigenvalue weighted by atomic mass is 16.3. The van der Waals surface area contributed by atoms with Crippen molar-refractivity contribution >= 4 is 0 Å². The van der Waals surface area contributed by atoms with E-state index in [9.17, 15) is 15.3 Å². The second-order valence-corrected chi connectivity index (χ2v) is 11.9. The Kier molecular flexibility index (Phi) is 4.19. The summed E-state index contributed by atoms with van der Waals surface area (Å²) in [4.78, 5) is 0. The van der Waals surface area contributed by atoms with Crippen LogP contribution in [0, 0.1) is 46.3 Å². The molecule has 4 rings (SSSR count). The first kappa shape index (κ1) is 15.7. The lowest BCUT2D eigenvalue weighted by Gasteiger charge is -2.65. The smallest absolute Gasteiger partial charge is 0.0985 e. The van der Waals surface area contributed by atoms with E-state index >= 15 is 0 Å². The van der Waals surface area contributed by atoms with Crippen LogP contribution in [-0.2, 0) is 0 Å². The first-order valence-corrected chi connectivity index (χ1v) is 12.4. The van der Waals surface area contributed by atoms with E-state index in [1.807, 2.05) is 0 Å². The standard InChI is InChI=1S/C27H48O3/c1-17(2)7-6-8-18(3)21-9-10-22-20-15-24(29)27(30)16-19(28)11-14-26(27,5)23(20)12-13-25(21,22)4/h17-24,28-30H,6-16H2,1-5H3/t18-,19+,20+,21-,22+,23+,24-,25-,26-,27-/m1/s1/i1D3,2D3,17D. The fourth-order valence-corrected chi connectivity index (χ4v) is 9.04. The van der Waals surface area contributed by atoms with E-state index in [1.54, 1.807) is 0 Å². The lowest BCUT2D eigenvalue weighted by Crippen LogP contribution is -2.68. The van der Waals surface area contributed by atoms with E-state index < -0.39 is 42.8 Å². The summed E-state index contributed by atoms with van der Waals surface area (Å²) in [5.74, 6) is -0.631. The van der Waals surface area contributed by atoms with Crippen molar-refractivity contribution in [3.63, 3.8) is 0 Å². The van der Waals surface area contributed by atoms with Crippen LogP contribution in [0.3, 0.4) is 0 Å². The first-order chi connectivity index (χ1) is 16.8. The molecule has 10 atom stereocenters. The van der Waals surface area contributed by atoms with Gasteiger partial charge < -0.3 is 15.3 Å². The first-order valence-electron chi connectivity index (χ1n) is 15.9. The van der Waals surface area contributed by atoms with Crippen LogP contribution in [0.2, 0.25) is 0 Å². The minimum absolute atomic E-state index is 0.0897. The van der Waals surface area contributed by atoms with Crippen LogP contribution in [0.5, 0.6) is 0 Å². The van der Waals surface area contributed by atoms with E-state index in [-0.39, 0.29) is 24.2 Å². The van der Waals surface area contributed by atoms with Crippen LogP contribution < -0.4 is 0 Å². The highest BCUT2D eigenvalue weighted by molar-refractivity contribution is 5.17. The molecule has 0 unspecified atom stereocenters. The van der Waals surface area contributed by atoms with Gasteiger partial charge in [-0.3, -0.25) is 0 Å². The zero-order valence-corrected chi connectivity index (χ0v) is 19.2. The Hall–Kier alpha value is -0.120. The molecule has 3 N–H and O–H groups in total. The predicted molar refractivity (Wildman–Crippen MR) is 122 cm³/mol. The fourth-order valence-electron chi connectivity index (χ4n) is 9.04. The molecule has 0 spiro atoms. The molecule has 3 nitrogen and oxygen atoms in total. The normalized spacial score (nSPS) is 56.5. The van der Waals surface area contributed by atoms with E-state index in [1.165, 1.54) is 0 Å². The van der Waals surface area contributed by atoms with Crippen molar-refractivity contribution in [3.8, 4) is 0 Å². The SMILES string of the molecule is [2H]C([2H])([2H])C([2H])(CCC[C@@H](C)[C@H]1CC[C@H]2[C@@H]3C[C@@H](O)[C@]4(O)C[C@@H](O)CC[C@]4(C)[C@H]3CC[C@]12C)C([2H])([2H])[2H]. The third-order valence-corrected chi connectivity index (χ3v) is 10.7. The molecule has 0 saturated heterocycles. The summed E-state index contributed by atoms with van der Waals surface area (Å²) in [6.07, 6.45) is 5.93. The van der Waals surface area contributed by atoms with Gasteiger partial charge in [-0.25, -0.2) is 0 Å². The summed E-state index contributed by atoms with van der Waals surface area (Å²) in [7, 11) is 0. The van der Waals surface area contributed by atoms with Gasteiger partial charge in [-0.2, -0.15) is 0 Å². The van der Waals surface area contributed by atoms with Crippen LogP contribution in [0.4, 0.5) is 0 Å². The predicted octanol–water partition coefficient (Wildman–Crippen LogP) is 5.55. The molecule has 0 bridgehead atoms. The van der Waals surface area contributed by atoms with Crippen molar-refractivity contribution in [2.45, 2.75) is 123 Å². The molecule has 0 aliphatic heterocycles. The van der Waals surface area contributed by atoms with E-state index in [0.29, 0.717) is 49.4 Å². The number of rotatable bonds is 5. The molecule has 4 fully saturated rings. The monoisotopic (exact) mass is 427 g/mol. The van der Waals surface area contributed by atoms with Crippen molar-refractivity contribution in [2.24, 2.45) is 46.3 Å². The van der Waals surface area contributed by atoms with E-state index in [0.717, 1.165) is 32.1 Å². The Morgan fingerprint density at radius 1 is 1.03 bits per heavy atom. The van der Waals surface area contributed by atoms with Crippen LogP contribution in [-0.4, -0.2) is 33.1 Å². The Morgan fingerprint density at radius 3 is 2.53 bits per heavy atom. The third kappa shape index (κ3) is 3.41. The van der Waals surface area contributed by atoms with Gasteiger partial charge in [0.1, 0.15) is 0 Å². The molecule has 0 radical (unpaired) electrons. The molecule has 0 amide bonds. The lowest BCUT2D eigenvalue weighted by atomic mass is 9.42. The lowest BCUT2D eigenvalue weighted by molar-refractivity contribution is -0.264. The zero-order chi connectivity index (χ0) is 27.8. The number of fused-ring (bicyclic) bond motifs is 5. The quantitative estimate of drug-likeness (QED) is 0.539. The molecule has 0 aromatic heterocycles. The van der Waals surface area contributed by atoms with Crippen molar-refractivity contribution in [1.82, 2.24) is 0 Å². The highest BCUT2D eigenvalue weighted by Gasteiger charge is 2.67. The van der Waals surface area contributed by atoms with Crippen molar-refractivity contribution in [2.75, 3.05) is 0 Å². The second-order valence-electron chi connectivity index (χ2n) is 11.9. The molecule has 174 valence electrons. The highest BCUT2D eigenvalue weighted by Crippen LogP contribution is 2.69.